The summed E-state index contributed by atoms with van der Waals surface area (Å²) in [5, 5.41) is 11.5. The van der Waals surface area contributed by atoms with E-state index in [1.54, 1.807) is 5.43 Å². The van der Waals surface area contributed by atoms with Gasteiger partial charge in [-0.1, -0.05) is 0 Å². The molecule has 0 aromatic carbocycles. The van der Waals surface area contributed by atoms with E-state index in [1.165, 1.54) is 0 Å². The summed E-state index contributed by atoms with van der Waals surface area (Å²) in [7, 11) is 0. The number of rotatable bonds is 1. The highest BCUT2D eigenvalue weighted by molar-refractivity contribution is 5.86. The fraction of sp³-hybridized carbons (Fsp3) is 0.714. The first kappa shape index (κ1) is 11.8. The smallest absolute Gasteiger partial charge is 0.425 e. The summed E-state index contributed by atoms with van der Waals surface area (Å²) in [5.41, 5.74) is 1.81. The van der Waals surface area contributed by atoms with E-state index in [9.17, 15) is 18.0 Å². The lowest BCUT2D eigenvalue weighted by Gasteiger charge is -2.25. The third kappa shape index (κ3) is 3.74. The number of nitrogens with one attached hydrogen (secondary N) is 1. The fourth-order valence-electron chi connectivity index (χ4n) is 1.13. The minimum absolute atomic E-state index is 0.107. The van der Waals surface area contributed by atoms with Crippen LogP contribution in [0.25, 0.3) is 0 Å². The van der Waals surface area contributed by atoms with Crippen LogP contribution in [0.4, 0.5) is 18.0 Å². The predicted molar refractivity (Wildman–Crippen MR) is 43.6 cm³/mol. The number of hydrazone groups is 1. The Balaban J connectivity index is 2.56. The Morgan fingerprint density at radius 1 is 1.60 bits per heavy atom. The molecule has 15 heavy (non-hydrogen) atoms. The van der Waals surface area contributed by atoms with Crippen molar-refractivity contribution in [3.8, 4) is 0 Å². The van der Waals surface area contributed by atoms with Gasteiger partial charge in [-0.15, -0.1) is 0 Å². The van der Waals surface area contributed by atoms with Gasteiger partial charge >= 0.3 is 12.3 Å². The fourth-order valence-corrected chi connectivity index (χ4v) is 1.13. The number of carbonyl (C=O) groups is 1. The first-order valence-electron chi connectivity index (χ1n) is 4.12. The van der Waals surface area contributed by atoms with Crippen LogP contribution in [-0.4, -0.2) is 35.8 Å². The molecule has 1 rings (SSSR count). The van der Waals surface area contributed by atoms with Crippen molar-refractivity contribution < 1.29 is 27.8 Å². The van der Waals surface area contributed by atoms with Gasteiger partial charge in [0, 0.05) is 18.6 Å². The highest BCUT2D eigenvalue weighted by Crippen LogP contribution is 2.28. The van der Waals surface area contributed by atoms with Gasteiger partial charge in [0.2, 0.25) is 0 Å². The summed E-state index contributed by atoms with van der Waals surface area (Å²) < 4.78 is 41.1. The van der Waals surface area contributed by atoms with Gasteiger partial charge in [-0.2, -0.15) is 18.3 Å². The Morgan fingerprint density at radius 3 is 2.80 bits per heavy atom. The van der Waals surface area contributed by atoms with Crippen LogP contribution in [0.2, 0.25) is 0 Å². The molecule has 0 radical (unpaired) electrons. The number of amides is 1. The summed E-state index contributed by atoms with van der Waals surface area (Å²) in [6.45, 7) is -0.107. The molecular weight excluding hydrogens is 217 g/mol. The van der Waals surface area contributed by atoms with E-state index < -0.39 is 24.8 Å². The number of hydrogen-bond donors (Lipinski definition) is 2. The highest BCUT2D eigenvalue weighted by atomic mass is 19.4. The molecule has 2 N–H and O–H groups in total. The van der Waals surface area contributed by atoms with Gasteiger partial charge < -0.3 is 9.84 Å². The van der Waals surface area contributed by atoms with Crippen LogP contribution >= 0.6 is 0 Å². The van der Waals surface area contributed by atoms with Crippen molar-refractivity contribution in [1.29, 1.82) is 0 Å². The summed E-state index contributed by atoms with van der Waals surface area (Å²) in [6.07, 6.45) is -7.96. The maximum absolute atomic E-state index is 12.2. The van der Waals surface area contributed by atoms with Crippen LogP contribution in [0.5, 0.6) is 0 Å². The van der Waals surface area contributed by atoms with Gasteiger partial charge in [0.25, 0.3) is 0 Å². The number of carboxylic acid groups (broad SMARTS) is 1. The predicted octanol–water partition coefficient (Wildman–Crippen LogP) is 1.35. The van der Waals surface area contributed by atoms with E-state index in [0.29, 0.717) is 0 Å². The topological polar surface area (TPSA) is 70.9 Å². The molecule has 0 aromatic rings. The molecule has 0 spiro atoms. The zero-order valence-electron chi connectivity index (χ0n) is 7.54. The maximum Gasteiger partial charge on any atom is 0.425 e. The quantitative estimate of drug-likeness (QED) is 0.663. The summed E-state index contributed by atoms with van der Waals surface area (Å²) >= 11 is 0. The van der Waals surface area contributed by atoms with Crippen LogP contribution in [-0.2, 0) is 4.74 Å². The van der Waals surface area contributed by atoms with Gasteiger partial charge in [0.1, 0.15) is 0 Å². The van der Waals surface area contributed by atoms with Gasteiger partial charge in [0.15, 0.2) is 6.10 Å². The lowest BCUT2D eigenvalue weighted by molar-refractivity contribution is -0.220. The number of halogens is 3. The van der Waals surface area contributed by atoms with Crippen LogP contribution in [0.3, 0.4) is 0 Å². The molecule has 1 fully saturated rings. The normalized spacial score (nSPS) is 25.3. The average molecular weight is 226 g/mol. The number of hydrogen-bond acceptors (Lipinski definition) is 3. The van der Waals surface area contributed by atoms with Crippen molar-refractivity contribution in [3.63, 3.8) is 0 Å². The second-order valence-electron chi connectivity index (χ2n) is 2.95. The third-order valence-electron chi connectivity index (χ3n) is 1.81. The van der Waals surface area contributed by atoms with E-state index in [-0.39, 0.29) is 18.7 Å². The van der Waals surface area contributed by atoms with Crippen molar-refractivity contribution in [2.75, 3.05) is 6.61 Å². The Labute approximate surface area is 82.9 Å². The van der Waals surface area contributed by atoms with E-state index >= 15 is 0 Å². The maximum atomic E-state index is 12.2. The van der Waals surface area contributed by atoms with Crippen molar-refractivity contribution >= 4 is 11.8 Å². The molecule has 1 atom stereocenters. The summed E-state index contributed by atoms with van der Waals surface area (Å²) in [4.78, 5) is 10.0. The molecular formula is C7H9F3N2O3. The molecule has 86 valence electrons. The van der Waals surface area contributed by atoms with Crippen LogP contribution in [0, 0.1) is 0 Å². The monoisotopic (exact) mass is 226 g/mol. The van der Waals surface area contributed by atoms with Crippen molar-refractivity contribution in [3.05, 3.63) is 0 Å². The van der Waals surface area contributed by atoms with Crippen molar-refractivity contribution in [2.45, 2.75) is 25.1 Å². The zero-order valence-corrected chi connectivity index (χ0v) is 7.54. The largest absolute Gasteiger partial charge is 0.464 e. The number of alkyl halides is 3. The summed E-state index contributed by atoms with van der Waals surface area (Å²) in [6, 6.07) is 0. The molecule has 1 unspecified atom stereocenters. The molecule has 1 amide bonds. The Bertz CT molecular complexity index is 277. The van der Waals surface area contributed by atoms with Crippen LogP contribution in [0.1, 0.15) is 12.8 Å². The average Bonchev–Trinajstić information content (AvgIpc) is 2.14. The lowest BCUT2D eigenvalue weighted by Crippen LogP contribution is -2.38. The minimum atomic E-state index is -4.44. The van der Waals surface area contributed by atoms with Gasteiger partial charge in [-0.3, -0.25) is 0 Å². The van der Waals surface area contributed by atoms with Gasteiger partial charge in [-0.25, -0.2) is 10.2 Å². The molecule has 1 aliphatic rings. The van der Waals surface area contributed by atoms with E-state index in [4.69, 9.17) is 5.11 Å². The molecule has 0 saturated carbocycles. The Kier molecular flexibility index (Phi) is 3.51. The highest BCUT2D eigenvalue weighted by Gasteiger charge is 2.42. The molecule has 1 saturated heterocycles. The molecule has 0 aromatic heterocycles. The third-order valence-corrected chi connectivity index (χ3v) is 1.81. The molecule has 8 heteroatoms. The van der Waals surface area contributed by atoms with Crippen LogP contribution < -0.4 is 5.43 Å². The van der Waals surface area contributed by atoms with Gasteiger partial charge in [-0.05, 0) is 0 Å². The SMILES string of the molecule is O=C(O)NN=C1CCOC(C(F)(F)F)C1. The van der Waals surface area contributed by atoms with Crippen LogP contribution in [0.15, 0.2) is 5.10 Å². The molecule has 0 aliphatic carbocycles. The molecule has 0 bridgehead atoms. The minimum Gasteiger partial charge on any atom is -0.464 e. The summed E-state index contributed by atoms with van der Waals surface area (Å²) in [5.74, 6) is 0. The molecule has 1 aliphatic heterocycles. The molecule has 1 heterocycles. The first-order chi connectivity index (χ1) is 6.89. The number of nitrogens with zero attached hydrogens (tertiary/aromatic N) is 1. The van der Waals surface area contributed by atoms with E-state index in [2.05, 4.69) is 9.84 Å². The molecule has 5 nitrogen and oxygen atoms in total. The first-order valence-corrected chi connectivity index (χ1v) is 4.12. The number of ether oxygens (including phenoxy) is 1. The zero-order chi connectivity index (χ0) is 11.5. The van der Waals surface area contributed by atoms with Gasteiger partial charge in [0.05, 0.1) is 6.61 Å². The Hall–Kier alpha value is -1.31. The lowest BCUT2D eigenvalue weighted by atomic mass is 10.1. The van der Waals surface area contributed by atoms with E-state index in [0.717, 1.165) is 0 Å². The van der Waals surface area contributed by atoms with Crippen molar-refractivity contribution in [2.24, 2.45) is 5.10 Å². The van der Waals surface area contributed by atoms with Crippen molar-refractivity contribution in [1.82, 2.24) is 5.43 Å². The van der Waals surface area contributed by atoms with E-state index in [1.807, 2.05) is 0 Å². The Morgan fingerprint density at radius 2 is 2.27 bits per heavy atom. The standard InChI is InChI=1S/C7H9F3N2O3/c8-7(9,10)5-3-4(1-2-15-5)11-12-6(13)14/h5,12H,1-3H2,(H,13,14). The second kappa shape index (κ2) is 4.47. The second-order valence-corrected chi connectivity index (χ2v) is 2.95.